The van der Waals surface area contributed by atoms with Gasteiger partial charge in [-0.1, -0.05) is 35.9 Å². The zero-order valence-electron chi connectivity index (χ0n) is 13.0. The average molecular weight is 318 g/mol. The van der Waals surface area contributed by atoms with Crippen LogP contribution < -0.4 is 10.1 Å². The third-order valence-electron chi connectivity index (χ3n) is 3.64. The van der Waals surface area contributed by atoms with Crippen molar-refractivity contribution in [1.82, 2.24) is 5.32 Å². The minimum Gasteiger partial charge on any atom is -0.483 e. The van der Waals surface area contributed by atoms with Gasteiger partial charge in [0.2, 0.25) is 0 Å². The Bertz CT molecular complexity index is 670. The second kappa shape index (κ2) is 7.32. The molecule has 0 unspecified atom stereocenters. The van der Waals surface area contributed by atoms with Crippen molar-refractivity contribution in [3.63, 3.8) is 0 Å². The molecule has 0 saturated carbocycles. The van der Waals surface area contributed by atoms with Gasteiger partial charge < -0.3 is 10.1 Å². The van der Waals surface area contributed by atoms with Gasteiger partial charge in [-0.15, -0.1) is 0 Å². The van der Waals surface area contributed by atoms with E-state index < -0.39 is 0 Å². The Morgan fingerprint density at radius 3 is 2.68 bits per heavy atom. The second-order valence-corrected chi connectivity index (χ2v) is 5.77. The van der Waals surface area contributed by atoms with Crippen LogP contribution in [0.25, 0.3) is 0 Å². The van der Waals surface area contributed by atoms with Crippen molar-refractivity contribution in [3.8, 4) is 5.75 Å². The molecule has 4 heteroatoms. The Hall–Kier alpha value is -2.00. The lowest BCUT2D eigenvalue weighted by atomic mass is 10.1. The normalized spacial score (nSPS) is 11.8. The minimum atomic E-state index is -0.159. The SMILES string of the molecule is Cc1cccc(OCC(=O)N[C@H](C)c2cccc(Cl)c2)c1C. The predicted octanol–water partition coefficient (Wildman–Crippen LogP) is 4.21. The van der Waals surface area contributed by atoms with Gasteiger partial charge in [-0.05, 0) is 55.7 Å². The van der Waals surface area contributed by atoms with Gasteiger partial charge in [0.1, 0.15) is 5.75 Å². The van der Waals surface area contributed by atoms with Crippen molar-refractivity contribution < 1.29 is 9.53 Å². The lowest BCUT2D eigenvalue weighted by Gasteiger charge is -2.16. The first-order valence-corrected chi connectivity index (χ1v) is 7.59. The molecule has 0 aromatic heterocycles. The maximum absolute atomic E-state index is 12.0. The molecule has 3 nitrogen and oxygen atoms in total. The molecule has 0 radical (unpaired) electrons. The Kier molecular flexibility index (Phi) is 5.45. The number of amides is 1. The molecular weight excluding hydrogens is 298 g/mol. The fourth-order valence-corrected chi connectivity index (χ4v) is 2.36. The predicted molar refractivity (Wildman–Crippen MR) is 89.4 cm³/mol. The first-order chi connectivity index (χ1) is 10.5. The van der Waals surface area contributed by atoms with Crippen LogP contribution >= 0.6 is 11.6 Å². The van der Waals surface area contributed by atoms with Crippen LogP contribution in [0, 0.1) is 13.8 Å². The van der Waals surface area contributed by atoms with Crippen LogP contribution in [0.1, 0.15) is 29.7 Å². The van der Waals surface area contributed by atoms with Crippen LogP contribution in [0.5, 0.6) is 5.75 Å². The van der Waals surface area contributed by atoms with Crippen molar-refractivity contribution in [2.75, 3.05) is 6.61 Å². The molecule has 2 aromatic carbocycles. The molecule has 1 atom stereocenters. The number of halogens is 1. The molecule has 0 heterocycles. The summed E-state index contributed by atoms with van der Waals surface area (Å²) in [6.45, 7) is 5.91. The number of carbonyl (C=O) groups is 1. The number of rotatable bonds is 5. The summed E-state index contributed by atoms with van der Waals surface area (Å²) in [6, 6.07) is 13.1. The van der Waals surface area contributed by atoms with E-state index in [2.05, 4.69) is 5.32 Å². The Balaban J connectivity index is 1.91. The molecule has 2 aromatic rings. The summed E-state index contributed by atoms with van der Waals surface area (Å²) in [5.41, 5.74) is 3.16. The number of aryl methyl sites for hydroxylation is 1. The van der Waals surface area contributed by atoms with Gasteiger partial charge in [0, 0.05) is 5.02 Å². The van der Waals surface area contributed by atoms with Crippen molar-refractivity contribution in [1.29, 1.82) is 0 Å². The summed E-state index contributed by atoms with van der Waals surface area (Å²) in [5.74, 6) is 0.582. The summed E-state index contributed by atoms with van der Waals surface area (Å²) in [6.07, 6.45) is 0. The standard InChI is InChI=1S/C18H20ClNO2/c1-12-6-4-9-17(13(12)2)22-11-18(21)20-14(3)15-7-5-8-16(19)10-15/h4-10,14H,11H2,1-3H3,(H,20,21)/t14-/m1/s1. The van der Waals surface area contributed by atoms with E-state index in [1.807, 2.05) is 63.2 Å². The molecule has 0 spiro atoms. The number of nitrogens with one attached hydrogen (secondary N) is 1. The van der Waals surface area contributed by atoms with Gasteiger partial charge in [0.25, 0.3) is 5.91 Å². The van der Waals surface area contributed by atoms with Crippen LogP contribution in [0.4, 0.5) is 0 Å². The molecule has 0 aliphatic rings. The monoisotopic (exact) mass is 317 g/mol. The van der Waals surface area contributed by atoms with Gasteiger partial charge in [0.05, 0.1) is 6.04 Å². The summed E-state index contributed by atoms with van der Waals surface area (Å²) in [7, 11) is 0. The first-order valence-electron chi connectivity index (χ1n) is 7.21. The van der Waals surface area contributed by atoms with E-state index in [1.54, 1.807) is 0 Å². The number of carbonyl (C=O) groups excluding carboxylic acids is 1. The minimum absolute atomic E-state index is 0.00476. The Morgan fingerprint density at radius 2 is 1.95 bits per heavy atom. The third-order valence-corrected chi connectivity index (χ3v) is 3.87. The first kappa shape index (κ1) is 16.4. The average Bonchev–Trinajstić information content (AvgIpc) is 2.48. The zero-order chi connectivity index (χ0) is 16.1. The molecule has 116 valence electrons. The summed E-state index contributed by atoms with van der Waals surface area (Å²) in [5, 5.41) is 3.56. The number of hydrogen-bond acceptors (Lipinski definition) is 2. The van der Waals surface area contributed by atoms with Crippen molar-refractivity contribution >= 4 is 17.5 Å². The molecule has 1 amide bonds. The van der Waals surface area contributed by atoms with Crippen molar-refractivity contribution in [2.45, 2.75) is 26.8 Å². The van der Waals surface area contributed by atoms with E-state index in [-0.39, 0.29) is 18.6 Å². The molecule has 0 bridgehead atoms. The summed E-state index contributed by atoms with van der Waals surface area (Å²) < 4.78 is 5.60. The van der Waals surface area contributed by atoms with E-state index in [9.17, 15) is 4.79 Å². The van der Waals surface area contributed by atoms with Crippen LogP contribution in [-0.2, 0) is 4.79 Å². The number of hydrogen-bond donors (Lipinski definition) is 1. The summed E-state index contributed by atoms with van der Waals surface area (Å²) in [4.78, 5) is 12.0. The van der Waals surface area contributed by atoms with Crippen molar-refractivity contribution in [3.05, 3.63) is 64.2 Å². The third kappa shape index (κ3) is 4.25. The lowest BCUT2D eigenvalue weighted by Crippen LogP contribution is -2.31. The molecule has 0 aliphatic carbocycles. The van der Waals surface area contributed by atoms with Crippen molar-refractivity contribution in [2.24, 2.45) is 0 Å². The largest absolute Gasteiger partial charge is 0.483 e. The van der Waals surface area contributed by atoms with Crippen LogP contribution in [-0.4, -0.2) is 12.5 Å². The fourth-order valence-electron chi connectivity index (χ4n) is 2.17. The highest BCUT2D eigenvalue weighted by molar-refractivity contribution is 6.30. The van der Waals surface area contributed by atoms with E-state index in [4.69, 9.17) is 16.3 Å². The highest BCUT2D eigenvalue weighted by Gasteiger charge is 2.11. The van der Waals surface area contributed by atoms with Crippen LogP contribution in [0.3, 0.4) is 0 Å². The quantitative estimate of drug-likeness (QED) is 0.897. The Morgan fingerprint density at radius 1 is 1.23 bits per heavy atom. The van der Waals surface area contributed by atoms with Gasteiger partial charge >= 0.3 is 0 Å². The van der Waals surface area contributed by atoms with E-state index in [0.29, 0.717) is 5.02 Å². The van der Waals surface area contributed by atoms with Gasteiger partial charge in [-0.3, -0.25) is 4.79 Å². The van der Waals surface area contributed by atoms with Crippen LogP contribution in [0.2, 0.25) is 5.02 Å². The molecule has 2 rings (SSSR count). The maximum Gasteiger partial charge on any atom is 0.258 e. The number of ether oxygens (including phenoxy) is 1. The maximum atomic E-state index is 12.0. The van der Waals surface area contributed by atoms with Gasteiger partial charge in [0.15, 0.2) is 6.61 Å². The molecule has 22 heavy (non-hydrogen) atoms. The highest BCUT2D eigenvalue weighted by Crippen LogP contribution is 2.21. The molecule has 1 N–H and O–H groups in total. The topological polar surface area (TPSA) is 38.3 Å². The molecule has 0 fully saturated rings. The summed E-state index contributed by atoms with van der Waals surface area (Å²) >= 11 is 5.96. The highest BCUT2D eigenvalue weighted by atomic mass is 35.5. The smallest absolute Gasteiger partial charge is 0.258 e. The van der Waals surface area contributed by atoms with Gasteiger partial charge in [-0.25, -0.2) is 0 Å². The zero-order valence-corrected chi connectivity index (χ0v) is 13.8. The van der Waals surface area contributed by atoms with E-state index in [0.717, 1.165) is 22.4 Å². The fraction of sp³-hybridized carbons (Fsp3) is 0.278. The molecule has 0 aliphatic heterocycles. The lowest BCUT2D eigenvalue weighted by molar-refractivity contribution is -0.123. The Labute approximate surface area is 136 Å². The van der Waals surface area contributed by atoms with E-state index >= 15 is 0 Å². The molecule has 0 saturated heterocycles. The van der Waals surface area contributed by atoms with E-state index in [1.165, 1.54) is 0 Å². The van der Waals surface area contributed by atoms with Gasteiger partial charge in [-0.2, -0.15) is 0 Å². The molecular formula is C18H20ClNO2. The van der Waals surface area contributed by atoms with Crippen LogP contribution in [0.15, 0.2) is 42.5 Å². The number of benzene rings is 2. The second-order valence-electron chi connectivity index (χ2n) is 5.33.